The van der Waals surface area contributed by atoms with Gasteiger partial charge in [0.2, 0.25) is 0 Å². The number of hydrogen-bond donors (Lipinski definition) is 2. The first-order chi connectivity index (χ1) is 18.0. The van der Waals surface area contributed by atoms with Gasteiger partial charge >= 0.3 is 5.97 Å². The minimum absolute atomic E-state index is 0.0957. The van der Waals surface area contributed by atoms with Gasteiger partial charge in [0.25, 0.3) is 5.91 Å². The molecule has 1 amide bonds. The summed E-state index contributed by atoms with van der Waals surface area (Å²) < 4.78 is 0. The van der Waals surface area contributed by atoms with Crippen LogP contribution in [0.1, 0.15) is 66.4 Å². The van der Waals surface area contributed by atoms with Crippen LogP contribution in [0, 0.1) is 5.92 Å². The highest BCUT2D eigenvalue weighted by Gasteiger charge is 2.24. The van der Waals surface area contributed by atoms with Crippen molar-refractivity contribution in [2.24, 2.45) is 5.92 Å². The van der Waals surface area contributed by atoms with Gasteiger partial charge in [-0.1, -0.05) is 73.7 Å². The Balaban J connectivity index is 1.32. The molecule has 188 valence electrons. The van der Waals surface area contributed by atoms with Crippen LogP contribution in [0.3, 0.4) is 0 Å². The Hall–Kier alpha value is -3.92. The number of fused-ring (bicyclic) bond motifs is 1. The molecule has 4 aromatic carbocycles. The third-order valence-electron chi connectivity index (χ3n) is 7.80. The molecule has 0 saturated heterocycles. The summed E-state index contributed by atoms with van der Waals surface area (Å²) in [5.41, 5.74) is 6.26. The van der Waals surface area contributed by atoms with Gasteiger partial charge in [-0.25, -0.2) is 0 Å². The summed E-state index contributed by atoms with van der Waals surface area (Å²) in [5.74, 6) is 0.0491. The number of aliphatic carboxylic acids is 1. The van der Waals surface area contributed by atoms with E-state index >= 15 is 0 Å². The summed E-state index contributed by atoms with van der Waals surface area (Å²) in [6.45, 7) is 2.09. The number of carboxylic acid groups (broad SMARTS) is 1. The maximum atomic E-state index is 13.2. The number of carboxylic acids is 1. The summed E-state index contributed by atoms with van der Waals surface area (Å²) in [4.78, 5) is 24.2. The van der Waals surface area contributed by atoms with Crippen molar-refractivity contribution in [2.45, 2.75) is 51.4 Å². The number of nitrogens with one attached hydrogen (secondary N) is 1. The second-order valence-corrected chi connectivity index (χ2v) is 10.1. The van der Waals surface area contributed by atoms with E-state index in [9.17, 15) is 9.59 Å². The van der Waals surface area contributed by atoms with E-state index in [0.29, 0.717) is 23.8 Å². The lowest BCUT2D eigenvalue weighted by molar-refractivity contribution is -0.138. The number of amides is 1. The molecule has 0 bridgehead atoms. The van der Waals surface area contributed by atoms with Crippen LogP contribution in [0.4, 0.5) is 5.69 Å². The second-order valence-electron chi connectivity index (χ2n) is 10.1. The first-order valence-corrected chi connectivity index (χ1v) is 13.3. The topological polar surface area (TPSA) is 66.4 Å². The maximum absolute atomic E-state index is 13.2. The van der Waals surface area contributed by atoms with Crippen molar-refractivity contribution in [3.8, 4) is 11.1 Å². The minimum Gasteiger partial charge on any atom is -0.481 e. The van der Waals surface area contributed by atoms with Gasteiger partial charge in [0.15, 0.2) is 0 Å². The molecule has 0 aromatic heterocycles. The predicted molar refractivity (Wildman–Crippen MR) is 150 cm³/mol. The number of rotatable bonds is 7. The summed E-state index contributed by atoms with van der Waals surface area (Å²) in [6, 6.07) is 28.9. The highest BCUT2D eigenvalue weighted by Crippen LogP contribution is 2.38. The van der Waals surface area contributed by atoms with Crippen molar-refractivity contribution < 1.29 is 14.7 Å². The molecule has 1 aliphatic carbocycles. The van der Waals surface area contributed by atoms with Crippen LogP contribution in [-0.4, -0.2) is 17.0 Å². The number of carbonyl (C=O) groups excluding carboxylic acids is 1. The summed E-state index contributed by atoms with van der Waals surface area (Å²) >= 11 is 0. The number of anilines is 1. The molecule has 0 spiro atoms. The number of aryl methyl sites for hydroxylation is 1. The molecule has 4 aromatic rings. The standard InChI is InChI=1S/C33H33NO3/c1-2-23-6-3-4-9-31(23)34-33(37)30-8-5-7-28-21-27(18-19-29(28)30)26-16-14-25(15-17-26)24-12-10-22(11-13-24)20-32(35)36/h3-9,14-19,21-22,24H,2,10-13,20H2,1H3,(H,34,37)(H,35,36)/t22-,24-. The molecule has 0 unspecified atom stereocenters. The highest BCUT2D eigenvalue weighted by molar-refractivity contribution is 6.13. The lowest BCUT2D eigenvalue weighted by Crippen LogP contribution is -2.16. The molecule has 37 heavy (non-hydrogen) atoms. The van der Waals surface area contributed by atoms with Crippen LogP contribution in [0.25, 0.3) is 21.9 Å². The van der Waals surface area contributed by atoms with Gasteiger partial charge in [0, 0.05) is 17.7 Å². The Morgan fingerprint density at radius 2 is 1.57 bits per heavy atom. The Kier molecular flexibility index (Phi) is 7.36. The van der Waals surface area contributed by atoms with Crippen LogP contribution in [-0.2, 0) is 11.2 Å². The quantitative estimate of drug-likeness (QED) is 0.275. The average Bonchev–Trinajstić information content (AvgIpc) is 2.93. The maximum Gasteiger partial charge on any atom is 0.303 e. The first kappa shape index (κ1) is 24.8. The lowest BCUT2D eigenvalue weighted by Gasteiger charge is -2.28. The van der Waals surface area contributed by atoms with Crippen LogP contribution in [0.15, 0.2) is 84.9 Å². The monoisotopic (exact) mass is 491 g/mol. The van der Waals surface area contributed by atoms with Crippen molar-refractivity contribution in [2.75, 3.05) is 5.32 Å². The molecule has 4 heteroatoms. The van der Waals surface area contributed by atoms with Gasteiger partial charge in [-0.2, -0.15) is 0 Å². The Morgan fingerprint density at radius 1 is 0.838 bits per heavy atom. The van der Waals surface area contributed by atoms with E-state index < -0.39 is 5.97 Å². The van der Waals surface area contributed by atoms with E-state index in [1.165, 1.54) is 5.56 Å². The van der Waals surface area contributed by atoms with Gasteiger partial charge < -0.3 is 10.4 Å². The van der Waals surface area contributed by atoms with Crippen LogP contribution >= 0.6 is 0 Å². The van der Waals surface area contributed by atoms with Gasteiger partial charge in [0.05, 0.1) is 0 Å². The summed E-state index contributed by atoms with van der Waals surface area (Å²) in [6.07, 6.45) is 5.25. The molecule has 0 atom stereocenters. The minimum atomic E-state index is -0.683. The van der Waals surface area contributed by atoms with Crippen molar-refractivity contribution in [1.82, 2.24) is 0 Å². The Morgan fingerprint density at radius 3 is 2.30 bits per heavy atom. The smallest absolute Gasteiger partial charge is 0.303 e. The first-order valence-electron chi connectivity index (χ1n) is 13.3. The van der Waals surface area contributed by atoms with Crippen molar-refractivity contribution in [1.29, 1.82) is 0 Å². The van der Waals surface area contributed by atoms with Gasteiger partial charge in [-0.3, -0.25) is 9.59 Å². The number of para-hydroxylation sites is 1. The zero-order chi connectivity index (χ0) is 25.8. The molecule has 1 aliphatic rings. The fourth-order valence-corrected chi connectivity index (χ4v) is 5.70. The Bertz CT molecular complexity index is 1420. The van der Waals surface area contributed by atoms with Crippen molar-refractivity contribution >= 4 is 28.3 Å². The lowest BCUT2D eigenvalue weighted by atomic mass is 9.77. The van der Waals surface area contributed by atoms with Crippen molar-refractivity contribution in [3.05, 3.63) is 102 Å². The fourth-order valence-electron chi connectivity index (χ4n) is 5.70. The van der Waals surface area contributed by atoms with E-state index in [1.807, 2.05) is 42.5 Å². The van der Waals surface area contributed by atoms with Crippen LogP contribution in [0.2, 0.25) is 0 Å². The van der Waals surface area contributed by atoms with E-state index in [0.717, 1.165) is 65.3 Å². The zero-order valence-corrected chi connectivity index (χ0v) is 21.2. The third-order valence-corrected chi connectivity index (χ3v) is 7.80. The fraction of sp³-hybridized carbons (Fsp3) is 0.273. The van der Waals surface area contributed by atoms with Crippen LogP contribution < -0.4 is 5.32 Å². The van der Waals surface area contributed by atoms with Crippen molar-refractivity contribution in [3.63, 3.8) is 0 Å². The SMILES string of the molecule is CCc1ccccc1NC(=O)c1cccc2cc(-c3ccc([C@H]4CC[C@H](CC(=O)O)CC4)cc3)ccc12. The van der Waals surface area contributed by atoms with Crippen LogP contribution in [0.5, 0.6) is 0 Å². The van der Waals surface area contributed by atoms with E-state index in [4.69, 9.17) is 5.11 Å². The Labute approximate surface area is 218 Å². The second kappa shape index (κ2) is 11.0. The van der Waals surface area contributed by atoms with E-state index in [1.54, 1.807) is 0 Å². The molecule has 0 radical (unpaired) electrons. The summed E-state index contributed by atoms with van der Waals surface area (Å²) in [5, 5.41) is 14.1. The molecular formula is C33H33NO3. The molecule has 0 aliphatic heterocycles. The molecule has 0 heterocycles. The van der Waals surface area contributed by atoms with Gasteiger partial charge in [-0.05, 0) is 95.2 Å². The molecule has 5 rings (SSSR count). The molecule has 1 fully saturated rings. The third kappa shape index (κ3) is 5.59. The number of benzene rings is 4. The van der Waals surface area contributed by atoms with Gasteiger partial charge in [0.1, 0.15) is 0 Å². The zero-order valence-electron chi connectivity index (χ0n) is 21.2. The van der Waals surface area contributed by atoms with E-state index in [-0.39, 0.29) is 5.91 Å². The molecular weight excluding hydrogens is 458 g/mol. The molecule has 1 saturated carbocycles. The van der Waals surface area contributed by atoms with E-state index in [2.05, 4.69) is 54.7 Å². The predicted octanol–water partition coefficient (Wildman–Crippen LogP) is 8.07. The summed E-state index contributed by atoms with van der Waals surface area (Å²) in [7, 11) is 0. The number of hydrogen-bond acceptors (Lipinski definition) is 2. The highest BCUT2D eigenvalue weighted by atomic mass is 16.4. The normalized spacial score (nSPS) is 17.4. The molecule has 2 N–H and O–H groups in total. The van der Waals surface area contributed by atoms with Gasteiger partial charge in [-0.15, -0.1) is 0 Å². The molecule has 4 nitrogen and oxygen atoms in total. The number of carbonyl (C=O) groups is 2. The average molecular weight is 492 g/mol. The largest absolute Gasteiger partial charge is 0.481 e.